The van der Waals surface area contributed by atoms with Crippen LogP contribution in [0.4, 0.5) is 0 Å². The van der Waals surface area contributed by atoms with Crippen molar-refractivity contribution in [3.8, 4) is 0 Å². The van der Waals surface area contributed by atoms with Gasteiger partial charge in [-0.1, -0.05) is 23.7 Å². The number of halogens is 1. The third kappa shape index (κ3) is 2.38. The molecule has 4 nitrogen and oxygen atoms in total. The predicted molar refractivity (Wildman–Crippen MR) is 60.8 cm³/mol. The van der Waals surface area contributed by atoms with Crippen LogP contribution in [0.15, 0.2) is 29.2 Å². The van der Waals surface area contributed by atoms with Gasteiger partial charge >= 0.3 is 0 Å². The lowest BCUT2D eigenvalue weighted by Gasteiger charge is -2.31. The van der Waals surface area contributed by atoms with Crippen molar-refractivity contribution in [2.45, 2.75) is 29.9 Å². The lowest BCUT2D eigenvalue weighted by Crippen LogP contribution is -2.46. The molecule has 2 N–H and O–H groups in total. The first-order chi connectivity index (χ1) is 7.49. The normalized spacial score (nSPS) is 25.1. The molecule has 16 heavy (non-hydrogen) atoms. The van der Waals surface area contributed by atoms with Crippen molar-refractivity contribution in [1.82, 2.24) is 4.72 Å². The van der Waals surface area contributed by atoms with Crippen LogP contribution in [0.2, 0.25) is 5.02 Å². The maximum Gasteiger partial charge on any atom is 0.242 e. The zero-order chi connectivity index (χ0) is 11.8. The van der Waals surface area contributed by atoms with E-state index in [1.54, 1.807) is 12.1 Å². The van der Waals surface area contributed by atoms with Crippen LogP contribution in [0.5, 0.6) is 0 Å². The lowest BCUT2D eigenvalue weighted by molar-refractivity contribution is 0.0712. The minimum atomic E-state index is -3.57. The van der Waals surface area contributed by atoms with Crippen LogP contribution in [-0.4, -0.2) is 25.7 Å². The summed E-state index contributed by atoms with van der Waals surface area (Å²) >= 11 is 5.81. The van der Waals surface area contributed by atoms with E-state index in [2.05, 4.69) is 4.72 Å². The van der Waals surface area contributed by atoms with Crippen LogP contribution in [0, 0.1) is 0 Å². The van der Waals surface area contributed by atoms with Crippen molar-refractivity contribution in [2.75, 3.05) is 0 Å². The van der Waals surface area contributed by atoms with E-state index in [9.17, 15) is 8.42 Å². The summed E-state index contributed by atoms with van der Waals surface area (Å²) < 4.78 is 26.3. The average Bonchev–Trinajstić information content (AvgIpc) is 2.15. The Kier molecular flexibility index (Phi) is 3.21. The molecule has 0 aliphatic heterocycles. The van der Waals surface area contributed by atoms with E-state index in [0.717, 1.165) is 0 Å². The van der Waals surface area contributed by atoms with Crippen molar-refractivity contribution < 1.29 is 13.5 Å². The van der Waals surface area contributed by atoms with Gasteiger partial charge in [-0.2, -0.15) is 0 Å². The summed E-state index contributed by atoms with van der Waals surface area (Å²) in [6.07, 6.45) is 0.534. The van der Waals surface area contributed by atoms with Crippen LogP contribution in [0.3, 0.4) is 0 Å². The first kappa shape index (κ1) is 11.9. The number of sulfonamides is 1. The fourth-order valence-corrected chi connectivity index (χ4v) is 3.41. The smallest absolute Gasteiger partial charge is 0.242 e. The molecule has 1 aromatic rings. The number of rotatable bonds is 3. The van der Waals surface area contributed by atoms with E-state index in [0.29, 0.717) is 12.8 Å². The standard InChI is InChI=1S/C10H12ClNO3S/c11-9-3-1-2-4-10(9)16(14,15)12-7-5-8(13)6-7/h1-4,7-8,12-13H,5-6H2. The molecule has 0 saturated heterocycles. The van der Waals surface area contributed by atoms with E-state index in [1.807, 2.05) is 0 Å². The molecule has 0 radical (unpaired) electrons. The Morgan fingerprint density at radius 2 is 1.94 bits per heavy atom. The Morgan fingerprint density at radius 1 is 1.31 bits per heavy atom. The molecule has 1 saturated carbocycles. The van der Waals surface area contributed by atoms with Crippen molar-refractivity contribution in [3.63, 3.8) is 0 Å². The molecule has 0 unspecified atom stereocenters. The van der Waals surface area contributed by atoms with Gasteiger partial charge in [-0.3, -0.25) is 0 Å². The largest absolute Gasteiger partial charge is 0.393 e. The Hall–Kier alpha value is -0.620. The highest BCUT2D eigenvalue weighted by Crippen LogP contribution is 2.25. The first-order valence-electron chi connectivity index (χ1n) is 4.94. The zero-order valence-electron chi connectivity index (χ0n) is 8.43. The van der Waals surface area contributed by atoms with E-state index in [4.69, 9.17) is 16.7 Å². The third-order valence-corrected chi connectivity index (χ3v) is 4.58. The van der Waals surface area contributed by atoms with Gasteiger partial charge in [0.1, 0.15) is 4.90 Å². The molecule has 1 fully saturated rings. The Bertz CT molecular complexity index is 483. The topological polar surface area (TPSA) is 66.4 Å². The number of hydrogen-bond acceptors (Lipinski definition) is 3. The summed E-state index contributed by atoms with van der Waals surface area (Å²) in [7, 11) is -3.57. The molecule has 2 rings (SSSR count). The van der Waals surface area contributed by atoms with Crippen molar-refractivity contribution in [1.29, 1.82) is 0 Å². The van der Waals surface area contributed by atoms with Gasteiger partial charge in [-0.25, -0.2) is 13.1 Å². The molecule has 1 aliphatic carbocycles. The average molecular weight is 262 g/mol. The maximum atomic E-state index is 11.9. The number of aliphatic hydroxyl groups excluding tert-OH is 1. The molecular formula is C10H12ClNO3S. The van der Waals surface area contributed by atoms with Gasteiger partial charge in [-0.15, -0.1) is 0 Å². The Labute approximate surface area is 99.3 Å². The van der Waals surface area contributed by atoms with Gasteiger partial charge in [0.2, 0.25) is 10.0 Å². The minimum absolute atomic E-state index is 0.0815. The number of benzene rings is 1. The quantitative estimate of drug-likeness (QED) is 0.858. The third-order valence-electron chi connectivity index (χ3n) is 2.56. The summed E-state index contributed by atoms with van der Waals surface area (Å²) in [5.41, 5.74) is 0. The molecule has 0 spiro atoms. The summed E-state index contributed by atoms with van der Waals surface area (Å²) in [5.74, 6) is 0. The van der Waals surface area contributed by atoms with Crippen LogP contribution in [0.25, 0.3) is 0 Å². The van der Waals surface area contributed by atoms with Gasteiger partial charge in [0.25, 0.3) is 0 Å². The maximum absolute atomic E-state index is 11.9. The second-order valence-corrected chi connectivity index (χ2v) is 5.96. The zero-order valence-corrected chi connectivity index (χ0v) is 10.0. The molecule has 0 atom stereocenters. The SMILES string of the molecule is O=S(=O)(NC1CC(O)C1)c1ccccc1Cl. The van der Waals surface area contributed by atoms with Crippen molar-refractivity contribution in [2.24, 2.45) is 0 Å². The number of aliphatic hydroxyl groups is 1. The van der Waals surface area contributed by atoms with Gasteiger partial charge in [0.05, 0.1) is 11.1 Å². The molecule has 6 heteroatoms. The first-order valence-corrected chi connectivity index (χ1v) is 6.80. The van der Waals surface area contributed by atoms with Gasteiger partial charge in [0.15, 0.2) is 0 Å². The van der Waals surface area contributed by atoms with Crippen LogP contribution >= 0.6 is 11.6 Å². The fourth-order valence-electron chi connectivity index (χ4n) is 1.63. The molecule has 0 aromatic heterocycles. The van der Waals surface area contributed by atoms with Crippen LogP contribution in [-0.2, 0) is 10.0 Å². The van der Waals surface area contributed by atoms with Crippen LogP contribution in [0.1, 0.15) is 12.8 Å². The second-order valence-electron chi connectivity index (χ2n) is 3.87. The Morgan fingerprint density at radius 3 is 2.50 bits per heavy atom. The lowest BCUT2D eigenvalue weighted by atomic mass is 9.91. The summed E-state index contributed by atoms with van der Waals surface area (Å²) in [4.78, 5) is 0.0815. The van der Waals surface area contributed by atoms with Crippen molar-refractivity contribution >= 4 is 21.6 Å². The van der Waals surface area contributed by atoms with E-state index in [1.165, 1.54) is 12.1 Å². The highest BCUT2D eigenvalue weighted by molar-refractivity contribution is 7.89. The van der Waals surface area contributed by atoms with Gasteiger partial charge < -0.3 is 5.11 Å². The predicted octanol–water partition coefficient (Wildman–Crippen LogP) is 1.14. The van der Waals surface area contributed by atoms with E-state index in [-0.39, 0.29) is 22.1 Å². The van der Waals surface area contributed by atoms with Gasteiger partial charge in [-0.05, 0) is 25.0 Å². The molecule has 1 aliphatic rings. The monoisotopic (exact) mass is 261 g/mol. The second kappa shape index (κ2) is 4.33. The summed E-state index contributed by atoms with van der Waals surface area (Å²) in [6, 6.07) is 6.10. The molecule has 88 valence electrons. The minimum Gasteiger partial charge on any atom is -0.393 e. The summed E-state index contributed by atoms with van der Waals surface area (Å²) in [5, 5.41) is 9.28. The molecule has 0 bridgehead atoms. The number of nitrogens with one attached hydrogen (secondary N) is 1. The van der Waals surface area contributed by atoms with E-state index >= 15 is 0 Å². The van der Waals surface area contributed by atoms with Gasteiger partial charge in [0, 0.05) is 6.04 Å². The fraction of sp³-hybridized carbons (Fsp3) is 0.400. The highest BCUT2D eigenvalue weighted by Gasteiger charge is 2.31. The molecular weight excluding hydrogens is 250 g/mol. The summed E-state index contributed by atoms with van der Waals surface area (Å²) in [6.45, 7) is 0. The number of hydrogen-bond donors (Lipinski definition) is 2. The van der Waals surface area contributed by atoms with E-state index < -0.39 is 10.0 Å². The molecule has 1 aromatic carbocycles. The Balaban J connectivity index is 2.16. The molecule has 0 amide bonds. The van der Waals surface area contributed by atoms with Crippen molar-refractivity contribution in [3.05, 3.63) is 29.3 Å². The van der Waals surface area contributed by atoms with Crippen LogP contribution < -0.4 is 4.72 Å². The molecule has 0 heterocycles. The highest BCUT2D eigenvalue weighted by atomic mass is 35.5.